The molecule has 1 unspecified atom stereocenters. The van der Waals surface area contributed by atoms with Crippen molar-refractivity contribution in [3.63, 3.8) is 0 Å². The van der Waals surface area contributed by atoms with Crippen LogP contribution in [0.25, 0.3) is 10.2 Å². The highest BCUT2D eigenvalue weighted by molar-refractivity contribution is 7.18. The molecule has 26 heavy (non-hydrogen) atoms. The van der Waals surface area contributed by atoms with Gasteiger partial charge in [0.15, 0.2) is 0 Å². The molecule has 1 aromatic carbocycles. The molecular formula is C19H21N5OS. The quantitative estimate of drug-likeness (QED) is 0.709. The normalized spacial score (nSPS) is 17.4. The highest BCUT2D eigenvalue weighted by Gasteiger charge is 2.29. The number of hydrogen-bond acceptors (Lipinski definition) is 6. The lowest BCUT2D eigenvalue weighted by Crippen LogP contribution is -2.44. The first-order valence-corrected chi connectivity index (χ1v) is 9.64. The van der Waals surface area contributed by atoms with Gasteiger partial charge in [0.05, 0.1) is 22.7 Å². The van der Waals surface area contributed by atoms with Crippen LogP contribution in [-0.2, 0) is 11.3 Å². The number of hydrogen-bond donors (Lipinski definition) is 0. The van der Waals surface area contributed by atoms with Crippen LogP contribution in [0.15, 0.2) is 42.7 Å². The Hall–Kier alpha value is -2.54. The standard InChI is InChI=1S/C19H21N5OS/c1-23(13-17-22-15-7-2-3-8-16(15)26-17)18(25)14-6-4-11-24(12-14)19-20-9-5-10-21-19/h2-3,5,7-10,14H,4,6,11-13H2,1H3. The summed E-state index contributed by atoms with van der Waals surface area (Å²) in [5.41, 5.74) is 0.999. The molecule has 0 bridgehead atoms. The van der Waals surface area contributed by atoms with Gasteiger partial charge >= 0.3 is 0 Å². The number of thiazole rings is 1. The Morgan fingerprint density at radius 3 is 2.88 bits per heavy atom. The van der Waals surface area contributed by atoms with Crippen LogP contribution in [0.4, 0.5) is 5.95 Å². The predicted molar refractivity (Wildman–Crippen MR) is 103 cm³/mol. The molecule has 2 aromatic heterocycles. The number of anilines is 1. The van der Waals surface area contributed by atoms with Crippen molar-refractivity contribution in [2.45, 2.75) is 19.4 Å². The van der Waals surface area contributed by atoms with Crippen molar-refractivity contribution in [1.82, 2.24) is 19.9 Å². The minimum absolute atomic E-state index is 0.0214. The van der Waals surface area contributed by atoms with E-state index in [9.17, 15) is 4.79 Å². The summed E-state index contributed by atoms with van der Waals surface area (Å²) in [4.78, 5) is 30.1. The maximum Gasteiger partial charge on any atom is 0.227 e. The minimum Gasteiger partial charge on any atom is -0.340 e. The van der Waals surface area contributed by atoms with Crippen LogP contribution in [0, 0.1) is 5.92 Å². The van der Waals surface area contributed by atoms with Crippen LogP contribution >= 0.6 is 11.3 Å². The van der Waals surface area contributed by atoms with Gasteiger partial charge in [-0.15, -0.1) is 11.3 Å². The summed E-state index contributed by atoms with van der Waals surface area (Å²) in [6, 6.07) is 9.89. The topological polar surface area (TPSA) is 62.2 Å². The lowest BCUT2D eigenvalue weighted by atomic mass is 9.97. The van der Waals surface area contributed by atoms with Gasteiger partial charge in [-0.1, -0.05) is 12.1 Å². The molecule has 0 saturated carbocycles. The molecule has 0 radical (unpaired) electrons. The molecule has 4 rings (SSSR count). The highest BCUT2D eigenvalue weighted by Crippen LogP contribution is 2.25. The molecule has 3 heterocycles. The Morgan fingerprint density at radius 2 is 2.08 bits per heavy atom. The monoisotopic (exact) mass is 367 g/mol. The average Bonchev–Trinajstić information content (AvgIpc) is 3.10. The molecular weight excluding hydrogens is 346 g/mol. The number of piperidine rings is 1. The van der Waals surface area contributed by atoms with Crippen molar-refractivity contribution in [3.8, 4) is 0 Å². The third-order valence-electron chi connectivity index (χ3n) is 4.69. The third-order valence-corrected chi connectivity index (χ3v) is 5.71. The van der Waals surface area contributed by atoms with Gasteiger partial charge in [0.1, 0.15) is 5.01 Å². The second-order valence-corrected chi connectivity index (χ2v) is 7.72. The Labute approximate surface area is 156 Å². The van der Waals surface area contributed by atoms with Crippen molar-refractivity contribution < 1.29 is 4.79 Å². The lowest BCUT2D eigenvalue weighted by Gasteiger charge is -2.33. The van der Waals surface area contributed by atoms with E-state index in [0.717, 1.165) is 34.6 Å². The zero-order valence-electron chi connectivity index (χ0n) is 14.7. The Balaban J connectivity index is 1.42. The van der Waals surface area contributed by atoms with E-state index >= 15 is 0 Å². The molecule has 1 atom stereocenters. The number of nitrogens with zero attached hydrogens (tertiary/aromatic N) is 5. The van der Waals surface area contributed by atoms with Gasteiger partial charge in [-0.05, 0) is 31.0 Å². The molecule has 1 amide bonds. The summed E-state index contributed by atoms with van der Waals surface area (Å²) in [5, 5.41) is 0.973. The van der Waals surface area contributed by atoms with Gasteiger partial charge in [0.2, 0.25) is 11.9 Å². The van der Waals surface area contributed by atoms with E-state index in [2.05, 4.69) is 25.9 Å². The van der Waals surface area contributed by atoms with Crippen molar-refractivity contribution in [2.75, 3.05) is 25.0 Å². The van der Waals surface area contributed by atoms with E-state index < -0.39 is 0 Å². The van der Waals surface area contributed by atoms with E-state index in [4.69, 9.17) is 0 Å². The maximum atomic E-state index is 12.9. The SMILES string of the molecule is CN(Cc1nc2ccccc2s1)C(=O)C1CCCN(c2ncccn2)C1. The molecule has 7 heteroatoms. The number of amides is 1. The smallest absolute Gasteiger partial charge is 0.227 e. The molecule has 0 spiro atoms. The average molecular weight is 367 g/mol. The summed E-state index contributed by atoms with van der Waals surface area (Å²) in [5.74, 6) is 0.857. The second kappa shape index (κ2) is 7.37. The molecule has 6 nitrogen and oxygen atoms in total. The highest BCUT2D eigenvalue weighted by atomic mass is 32.1. The van der Waals surface area contributed by atoms with Gasteiger partial charge < -0.3 is 9.80 Å². The van der Waals surface area contributed by atoms with Crippen LogP contribution in [0.2, 0.25) is 0 Å². The van der Waals surface area contributed by atoms with Gasteiger partial charge in [-0.3, -0.25) is 4.79 Å². The summed E-state index contributed by atoms with van der Waals surface area (Å²) >= 11 is 1.65. The van der Waals surface area contributed by atoms with Crippen molar-refractivity contribution in [1.29, 1.82) is 0 Å². The molecule has 1 aliphatic heterocycles. The van der Waals surface area contributed by atoms with E-state index in [1.165, 1.54) is 0 Å². The fraction of sp³-hybridized carbons (Fsp3) is 0.368. The van der Waals surface area contributed by atoms with Gasteiger partial charge in [-0.25, -0.2) is 15.0 Å². The minimum atomic E-state index is -0.0214. The number of rotatable bonds is 4. The zero-order chi connectivity index (χ0) is 17.9. The number of para-hydroxylation sites is 1. The van der Waals surface area contributed by atoms with Crippen LogP contribution in [0.1, 0.15) is 17.8 Å². The molecule has 3 aromatic rings. The molecule has 134 valence electrons. The Bertz CT molecular complexity index is 864. The van der Waals surface area contributed by atoms with Gasteiger partial charge in [0, 0.05) is 32.5 Å². The lowest BCUT2D eigenvalue weighted by molar-refractivity contribution is -0.135. The number of carbonyl (C=O) groups excluding carboxylic acids is 1. The molecule has 0 aliphatic carbocycles. The number of aromatic nitrogens is 3. The molecule has 1 fully saturated rings. The summed E-state index contributed by atoms with van der Waals surface area (Å²) in [6.07, 6.45) is 5.37. The maximum absolute atomic E-state index is 12.9. The van der Waals surface area contributed by atoms with E-state index in [-0.39, 0.29) is 11.8 Å². The van der Waals surface area contributed by atoms with Crippen LogP contribution in [-0.4, -0.2) is 45.9 Å². The summed E-state index contributed by atoms with van der Waals surface area (Å²) in [6.45, 7) is 2.12. The van der Waals surface area contributed by atoms with E-state index in [1.807, 2.05) is 31.3 Å². The molecule has 1 aliphatic rings. The fourth-order valence-corrected chi connectivity index (χ4v) is 4.42. The van der Waals surface area contributed by atoms with Gasteiger partial charge in [0.25, 0.3) is 0 Å². The number of benzene rings is 1. The second-order valence-electron chi connectivity index (χ2n) is 6.60. The van der Waals surface area contributed by atoms with E-state index in [0.29, 0.717) is 19.0 Å². The number of fused-ring (bicyclic) bond motifs is 1. The molecule has 1 saturated heterocycles. The van der Waals surface area contributed by atoms with Crippen LogP contribution in [0.3, 0.4) is 0 Å². The Kier molecular flexibility index (Phi) is 4.79. The predicted octanol–water partition coefficient (Wildman–Crippen LogP) is 2.96. The van der Waals surface area contributed by atoms with Crippen molar-refractivity contribution >= 4 is 33.4 Å². The van der Waals surface area contributed by atoms with Gasteiger partial charge in [-0.2, -0.15) is 0 Å². The van der Waals surface area contributed by atoms with Crippen molar-refractivity contribution in [2.24, 2.45) is 5.92 Å². The van der Waals surface area contributed by atoms with Crippen molar-refractivity contribution in [3.05, 3.63) is 47.7 Å². The first kappa shape index (κ1) is 16.9. The van der Waals surface area contributed by atoms with Crippen LogP contribution in [0.5, 0.6) is 0 Å². The molecule has 0 N–H and O–H groups in total. The largest absolute Gasteiger partial charge is 0.340 e. The van der Waals surface area contributed by atoms with E-state index in [1.54, 1.807) is 28.6 Å². The third kappa shape index (κ3) is 3.53. The summed E-state index contributed by atoms with van der Waals surface area (Å²) in [7, 11) is 1.87. The summed E-state index contributed by atoms with van der Waals surface area (Å²) < 4.78 is 1.16. The zero-order valence-corrected chi connectivity index (χ0v) is 15.5. The fourth-order valence-electron chi connectivity index (χ4n) is 3.39. The first-order chi connectivity index (χ1) is 12.7. The number of carbonyl (C=O) groups is 1. The first-order valence-electron chi connectivity index (χ1n) is 8.82. The van der Waals surface area contributed by atoms with Crippen LogP contribution < -0.4 is 4.90 Å². The Morgan fingerprint density at radius 1 is 1.27 bits per heavy atom.